The maximum Gasteiger partial charge on any atom is 0.416 e. The third kappa shape index (κ3) is 5.06. The van der Waals surface area contributed by atoms with Gasteiger partial charge in [-0.3, -0.25) is 9.47 Å². The molecule has 0 spiro atoms. The Balaban J connectivity index is 1.32. The lowest BCUT2D eigenvalue weighted by molar-refractivity contribution is -0.139. The van der Waals surface area contributed by atoms with Crippen LogP contribution in [-0.4, -0.2) is 43.8 Å². The average molecular weight is 467 g/mol. The molecular weight excluding hydrogens is 437 g/mol. The molecule has 2 saturated heterocycles. The molecule has 0 aliphatic carbocycles. The fraction of sp³-hybridized carbons (Fsp3) is 0.609. The second-order valence-electron chi connectivity index (χ2n) is 8.97. The fourth-order valence-electron chi connectivity index (χ4n) is 5.13. The molecule has 2 unspecified atom stereocenters. The Morgan fingerprint density at radius 3 is 2.42 bits per heavy atom. The molecule has 10 heteroatoms. The van der Waals surface area contributed by atoms with E-state index < -0.39 is 17.4 Å². The summed E-state index contributed by atoms with van der Waals surface area (Å²) in [5.74, 6) is 0.388. The summed E-state index contributed by atoms with van der Waals surface area (Å²) in [6.07, 6.45) is -0.210. The molecule has 0 amide bonds. The highest BCUT2D eigenvalue weighted by Gasteiger charge is 2.41. The van der Waals surface area contributed by atoms with E-state index in [2.05, 4.69) is 9.88 Å². The smallest absolute Gasteiger partial charge is 0.373 e. The lowest BCUT2D eigenvalue weighted by Crippen LogP contribution is -2.47. The first-order chi connectivity index (χ1) is 15.6. The standard InChI is InChI=1S/C23H29F3N4O3/c1-15-27-21(31)30(22(32)28(15)2)11-5-10-29-17-8-9-18(29)13-19(12-17)33-14-16-6-3-4-7-20(16)23(24,25)26/h3-4,6-7,17-19H,5,8-14H2,1-2H3. The van der Waals surface area contributed by atoms with Crippen molar-refractivity contribution in [2.24, 2.45) is 7.05 Å². The zero-order valence-corrected chi connectivity index (χ0v) is 18.8. The minimum Gasteiger partial charge on any atom is -0.373 e. The minimum absolute atomic E-state index is 0.0492. The van der Waals surface area contributed by atoms with Crippen molar-refractivity contribution in [3.05, 3.63) is 62.2 Å². The van der Waals surface area contributed by atoms with Gasteiger partial charge in [-0.15, -0.1) is 0 Å². The molecule has 1 aromatic heterocycles. The van der Waals surface area contributed by atoms with E-state index in [0.29, 0.717) is 30.9 Å². The number of piperidine rings is 1. The zero-order valence-electron chi connectivity index (χ0n) is 18.8. The van der Waals surface area contributed by atoms with Gasteiger partial charge < -0.3 is 4.74 Å². The number of hydrogen-bond donors (Lipinski definition) is 0. The first kappa shape index (κ1) is 23.7. The molecule has 2 fully saturated rings. The van der Waals surface area contributed by atoms with Crippen molar-refractivity contribution in [3.8, 4) is 0 Å². The number of rotatable bonds is 7. The van der Waals surface area contributed by atoms with E-state index in [0.717, 1.165) is 38.3 Å². The second-order valence-corrected chi connectivity index (χ2v) is 8.97. The Hall–Kier alpha value is -2.46. The van der Waals surface area contributed by atoms with Gasteiger partial charge in [-0.05, 0) is 50.7 Å². The zero-order chi connectivity index (χ0) is 23.8. The maximum absolute atomic E-state index is 13.2. The predicted molar refractivity (Wildman–Crippen MR) is 116 cm³/mol. The summed E-state index contributed by atoms with van der Waals surface area (Å²) in [5.41, 5.74) is -1.36. The van der Waals surface area contributed by atoms with Crippen molar-refractivity contribution < 1.29 is 17.9 Å². The van der Waals surface area contributed by atoms with Crippen LogP contribution in [0.25, 0.3) is 0 Å². The van der Waals surface area contributed by atoms with E-state index in [9.17, 15) is 22.8 Å². The molecule has 4 rings (SSSR count). The van der Waals surface area contributed by atoms with Crippen molar-refractivity contribution in [1.29, 1.82) is 0 Å². The molecule has 2 bridgehead atoms. The van der Waals surface area contributed by atoms with Gasteiger partial charge in [-0.2, -0.15) is 18.2 Å². The van der Waals surface area contributed by atoms with E-state index in [1.807, 2.05) is 0 Å². The summed E-state index contributed by atoms with van der Waals surface area (Å²) < 4.78 is 48.1. The maximum atomic E-state index is 13.2. The van der Waals surface area contributed by atoms with Crippen LogP contribution in [0.15, 0.2) is 33.9 Å². The fourth-order valence-corrected chi connectivity index (χ4v) is 5.13. The molecule has 0 N–H and O–H groups in total. The van der Waals surface area contributed by atoms with E-state index in [1.165, 1.54) is 21.3 Å². The molecule has 1 aromatic carbocycles. The Bertz CT molecular complexity index is 1100. The van der Waals surface area contributed by atoms with Gasteiger partial charge in [0.15, 0.2) is 0 Å². The number of benzene rings is 1. The minimum atomic E-state index is -4.39. The van der Waals surface area contributed by atoms with Gasteiger partial charge in [0.05, 0.1) is 18.3 Å². The van der Waals surface area contributed by atoms with Gasteiger partial charge in [-0.1, -0.05) is 18.2 Å². The molecule has 2 aliphatic heterocycles. The van der Waals surface area contributed by atoms with Crippen LogP contribution in [0.3, 0.4) is 0 Å². The number of aromatic nitrogens is 3. The van der Waals surface area contributed by atoms with E-state index in [-0.39, 0.29) is 24.0 Å². The monoisotopic (exact) mass is 466 g/mol. The molecule has 33 heavy (non-hydrogen) atoms. The summed E-state index contributed by atoms with van der Waals surface area (Å²) in [7, 11) is 1.60. The molecule has 7 nitrogen and oxygen atoms in total. The molecule has 3 heterocycles. The molecule has 2 atom stereocenters. The lowest BCUT2D eigenvalue weighted by atomic mass is 9.99. The first-order valence-corrected chi connectivity index (χ1v) is 11.3. The SMILES string of the molecule is Cc1nc(=O)n(CCCN2C3CCC2CC(OCc2ccccc2C(F)(F)F)C3)c(=O)n1C. The highest BCUT2D eigenvalue weighted by molar-refractivity contribution is 5.29. The number of halogens is 3. The summed E-state index contributed by atoms with van der Waals surface area (Å²) in [6, 6.07) is 6.17. The van der Waals surface area contributed by atoms with E-state index in [4.69, 9.17) is 4.74 Å². The number of fused-ring (bicyclic) bond motifs is 2. The second kappa shape index (κ2) is 9.42. The third-order valence-electron chi connectivity index (χ3n) is 6.93. The average Bonchev–Trinajstić information content (AvgIpc) is 3.00. The Kier molecular flexibility index (Phi) is 6.76. The van der Waals surface area contributed by atoms with Gasteiger partial charge >= 0.3 is 17.6 Å². The topological polar surface area (TPSA) is 69.4 Å². The van der Waals surface area contributed by atoms with Crippen molar-refractivity contribution >= 4 is 0 Å². The Labute approximate surface area is 189 Å². The van der Waals surface area contributed by atoms with Crippen molar-refractivity contribution in [1.82, 2.24) is 19.0 Å². The predicted octanol–water partition coefficient (Wildman–Crippen LogP) is 2.87. The Morgan fingerprint density at radius 1 is 1.09 bits per heavy atom. The van der Waals surface area contributed by atoms with Gasteiger partial charge in [0.2, 0.25) is 0 Å². The van der Waals surface area contributed by atoms with Crippen LogP contribution in [0, 0.1) is 6.92 Å². The van der Waals surface area contributed by atoms with Crippen LogP contribution >= 0.6 is 0 Å². The number of ether oxygens (including phenoxy) is 1. The number of hydrogen-bond acceptors (Lipinski definition) is 5. The van der Waals surface area contributed by atoms with Crippen LogP contribution in [0.2, 0.25) is 0 Å². The first-order valence-electron chi connectivity index (χ1n) is 11.3. The van der Waals surface area contributed by atoms with Crippen molar-refractivity contribution in [3.63, 3.8) is 0 Å². The van der Waals surface area contributed by atoms with Crippen molar-refractivity contribution in [2.45, 2.75) is 76.5 Å². The largest absolute Gasteiger partial charge is 0.416 e. The van der Waals surface area contributed by atoms with Gasteiger partial charge in [-0.25, -0.2) is 14.2 Å². The molecule has 0 radical (unpaired) electrons. The van der Waals surface area contributed by atoms with Crippen molar-refractivity contribution in [2.75, 3.05) is 6.54 Å². The summed E-state index contributed by atoms with van der Waals surface area (Å²) in [6.45, 7) is 2.64. The highest BCUT2D eigenvalue weighted by atomic mass is 19.4. The van der Waals surface area contributed by atoms with Gasteiger partial charge in [0, 0.05) is 32.2 Å². The van der Waals surface area contributed by atoms with Gasteiger partial charge in [0.25, 0.3) is 0 Å². The van der Waals surface area contributed by atoms with E-state index in [1.54, 1.807) is 20.0 Å². The molecule has 2 aromatic rings. The normalized spacial score (nSPS) is 23.2. The summed E-state index contributed by atoms with van der Waals surface area (Å²) in [4.78, 5) is 30.7. The molecule has 180 valence electrons. The summed E-state index contributed by atoms with van der Waals surface area (Å²) in [5, 5.41) is 0. The van der Waals surface area contributed by atoms with Crippen LogP contribution in [0.1, 0.15) is 49.1 Å². The number of nitrogens with zero attached hydrogens (tertiary/aromatic N) is 4. The quantitative estimate of drug-likeness (QED) is 0.628. The van der Waals surface area contributed by atoms with Crippen LogP contribution < -0.4 is 11.4 Å². The Morgan fingerprint density at radius 2 is 1.76 bits per heavy atom. The van der Waals surface area contributed by atoms with Crippen LogP contribution in [0.4, 0.5) is 13.2 Å². The van der Waals surface area contributed by atoms with Crippen LogP contribution in [-0.2, 0) is 31.1 Å². The summed E-state index contributed by atoms with van der Waals surface area (Å²) >= 11 is 0. The molecular formula is C23H29F3N4O3. The van der Waals surface area contributed by atoms with E-state index >= 15 is 0 Å². The third-order valence-corrected chi connectivity index (χ3v) is 6.93. The van der Waals surface area contributed by atoms with Crippen LogP contribution in [0.5, 0.6) is 0 Å². The lowest BCUT2D eigenvalue weighted by Gasteiger charge is -2.39. The number of aryl methyl sites for hydroxylation is 1. The number of alkyl halides is 3. The van der Waals surface area contributed by atoms with Gasteiger partial charge in [0.1, 0.15) is 5.82 Å². The highest BCUT2D eigenvalue weighted by Crippen LogP contribution is 2.38. The molecule has 2 aliphatic rings. The molecule has 0 saturated carbocycles.